The molecular weight excluding hydrogens is 473 g/mol. The topological polar surface area (TPSA) is 69.2 Å². The Bertz CT molecular complexity index is 1110. The van der Waals surface area contributed by atoms with Crippen LogP contribution in [0, 0.1) is 5.92 Å². The van der Waals surface area contributed by atoms with Crippen molar-refractivity contribution in [2.45, 2.75) is 58.4 Å². The number of hydrogen-bond donors (Lipinski definition) is 1. The van der Waals surface area contributed by atoms with E-state index in [-0.39, 0.29) is 30.9 Å². The number of fused-ring (bicyclic) bond motifs is 1. The molecule has 194 valence electrons. The zero-order valence-corrected chi connectivity index (χ0v) is 20.5. The maximum atomic E-state index is 13.5. The number of rotatable bonds is 11. The van der Waals surface area contributed by atoms with Crippen LogP contribution in [-0.2, 0) is 33.6 Å². The highest BCUT2D eigenvalue weighted by atomic mass is 19.4. The molecule has 0 amide bonds. The van der Waals surface area contributed by atoms with Gasteiger partial charge in [0, 0.05) is 6.04 Å². The maximum Gasteiger partial charge on any atom is 0.419 e. The van der Waals surface area contributed by atoms with E-state index >= 15 is 0 Å². The SMILES string of the molecule is CCOC(=O)CNC1CCc2cc(/C(C)=N/OCc3ccc(OCC4CC4)c(C(F)(F)F)c3)ccc21. The normalized spacial score (nSPS) is 17.6. The van der Waals surface area contributed by atoms with Crippen LogP contribution in [0.25, 0.3) is 0 Å². The maximum absolute atomic E-state index is 13.5. The largest absolute Gasteiger partial charge is 0.493 e. The van der Waals surface area contributed by atoms with Crippen LogP contribution in [0.15, 0.2) is 41.6 Å². The molecule has 4 rings (SSSR count). The van der Waals surface area contributed by atoms with Gasteiger partial charge in [-0.3, -0.25) is 4.79 Å². The molecule has 9 heteroatoms. The van der Waals surface area contributed by atoms with E-state index < -0.39 is 11.7 Å². The summed E-state index contributed by atoms with van der Waals surface area (Å²) in [5, 5.41) is 7.36. The highest BCUT2D eigenvalue weighted by Gasteiger charge is 2.35. The summed E-state index contributed by atoms with van der Waals surface area (Å²) in [5.41, 5.74) is 3.37. The van der Waals surface area contributed by atoms with Crippen LogP contribution in [0.4, 0.5) is 13.2 Å². The zero-order valence-electron chi connectivity index (χ0n) is 20.5. The highest BCUT2D eigenvalue weighted by Crippen LogP contribution is 2.38. The number of nitrogens with zero attached hydrogens (tertiary/aromatic N) is 1. The van der Waals surface area contributed by atoms with Crippen molar-refractivity contribution in [3.8, 4) is 5.75 Å². The Hall–Kier alpha value is -3.07. The fourth-order valence-electron chi connectivity index (χ4n) is 4.24. The lowest BCUT2D eigenvalue weighted by Crippen LogP contribution is -2.27. The predicted molar refractivity (Wildman–Crippen MR) is 129 cm³/mol. The fraction of sp³-hybridized carbons (Fsp3) is 0.481. The summed E-state index contributed by atoms with van der Waals surface area (Å²) in [7, 11) is 0. The van der Waals surface area contributed by atoms with Crippen LogP contribution >= 0.6 is 0 Å². The number of benzene rings is 2. The van der Waals surface area contributed by atoms with Gasteiger partial charge in [0.15, 0.2) is 0 Å². The number of nitrogens with one attached hydrogen (secondary N) is 1. The van der Waals surface area contributed by atoms with Crippen molar-refractivity contribution in [1.29, 1.82) is 0 Å². The number of alkyl halides is 3. The van der Waals surface area contributed by atoms with Crippen LogP contribution < -0.4 is 10.1 Å². The number of carbonyl (C=O) groups is 1. The van der Waals surface area contributed by atoms with Crippen LogP contribution in [0.1, 0.15) is 67.0 Å². The van der Waals surface area contributed by atoms with Gasteiger partial charge in [-0.05, 0) is 85.9 Å². The van der Waals surface area contributed by atoms with Gasteiger partial charge in [-0.1, -0.05) is 23.4 Å². The second kappa shape index (κ2) is 11.3. The average molecular weight is 505 g/mol. The van der Waals surface area contributed by atoms with Gasteiger partial charge >= 0.3 is 12.1 Å². The number of ether oxygens (including phenoxy) is 2. The monoisotopic (exact) mass is 504 g/mol. The van der Waals surface area contributed by atoms with Crippen molar-refractivity contribution in [3.63, 3.8) is 0 Å². The van der Waals surface area contributed by atoms with Gasteiger partial charge in [-0.15, -0.1) is 0 Å². The molecule has 0 radical (unpaired) electrons. The molecule has 0 saturated heterocycles. The van der Waals surface area contributed by atoms with Crippen LogP contribution in [0.3, 0.4) is 0 Å². The molecule has 0 aromatic heterocycles. The van der Waals surface area contributed by atoms with Gasteiger partial charge in [0.05, 0.1) is 31.0 Å². The minimum absolute atomic E-state index is 0.0889. The first-order valence-electron chi connectivity index (χ1n) is 12.3. The molecular formula is C27H31F3N2O4. The van der Waals surface area contributed by atoms with Crippen LogP contribution in [-0.4, -0.2) is 31.4 Å². The number of esters is 1. The van der Waals surface area contributed by atoms with Crippen molar-refractivity contribution in [1.82, 2.24) is 5.32 Å². The van der Waals surface area contributed by atoms with E-state index in [1.807, 2.05) is 18.2 Å². The molecule has 6 nitrogen and oxygen atoms in total. The molecule has 1 atom stereocenters. The number of halogens is 3. The molecule has 0 aliphatic heterocycles. The minimum atomic E-state index is -4.51. The minimum Gasteiger partial charge on any atom is -0.493 e. The zero-order chi connectivity index (χ0) is 25.7. The first kappa shape index (κ1) is 26.0. The first-order valence-corrected chi connectivity index (χ1v) is 12.3. The van der Waals surface area contributed by atoms with Gasteiger partial charge in [0.25, 0.3) is 0 Å². The van der Waals surface area contributed by atoms with Gasteiger partial charge in [-0.25, -0.2) is 0 Å². The van der Waals surface area contributed by atoms with E-state index in [1.54, 1.807) is 19.9 Å². The number of hydrogen-bond acceptors (Lipinski definition) is 6. The van der Waals surface area contributed by atoms with E-state index in [9.17, 15) is 18.0 Å². The van der Waals surface area contributed by atoms with Crippen LogP contribution in [0.2, 0.25) is 0 Å². The van der Waals surface area contributed by atoms with Crippen molar-refractivity contribution in [2.75, 3.05) is 19.8 Å². The lowest BCUT2D eigenvalue weighted by Gasteiger charge is -2.15. The third-order valence-electron chi connectivity index (χ3n) is 6.39. The van der Waals surface area contributed by atoms with Crippen molar-refractivity contribution >= 4 is 11.7 Å². The average Bonchev–Trinajstić information content (AvgIpc) is 3.59. The molecule has 0 spiro atoms. The summed E-state index contributed by atoms with van der Waals surface area (Å²) in [6.07, 6.45) is -0.759. The Morgan fingerprint density at radius 1 is 1.14 bits per heavy atom. The summed E-state index contributed by atoms with van der Waals surface area (Å²) in [5.74, 6) is -0.0612. The Morgan fingerprint density at radius 2 is 1.94 bits per heavy atom. The molecule has 1 saturated carbocycles. The molecule has 2 aromatic rings. The van der Waals surface area contributed by atoms with Crippen molar-refractivity contribution < 1.29 is 32.3 Å². The molecule has 1 fully saturated rings. The Kier molecular flexibility index (Phi) is 8.18. The summed E-state index contributed by atoms with van der Waals surface area (Å²) in [6.45, 7) is 4.31. The smallest absolute Gasteiger partial charge is 0.419 e. The Labute approximate surface area is 208 Å². The molecule has 1 unspecified atom stereocenters. The molecule has 2 aliphatic carbocycles. The Morgan fingerprint density at radius 3 is 2.67 bits per heavy atom. The summed E-state index contributed by atoms with van der Waals surface area (Å²) >= 11 is 0. The van der Waals surface area contributed by atoms with Crippen LogP contribution in [0.5, 0.6) is 5.75 Å². The number of oxime groups is 1. The van der Waals surface area contributed by atoms with Gasteiger partial charge in [-0.2, -0.15) is 13.2 Å². The molecule has 0 heterocycles. The first-order chi connectivity index (χ1) is 17.2. The molecule has 0 bridgehead atoms. The van der Waals surface area contributed by atoms with E-state index in [0.717, 1.165) is 42.9 Å². The fourth-order valence-corrected chi connectivity index (χ4v) is 4.24. The quantitative estimate of drug-likeness (QED) is 0.246. The highest BCUT2D eigenvalue weighted by molar-refractivity contribution is 5.98. The second-order valence-electron chi connectivity index (χ2n) is 9.22. The lowest BCUT2D eigenvalue weighted by atomic mass is 10.0. The van der Waals surface area contributed by atoms with E-state index in [2.05, 4.69) is 10.5 Å². The molecule has 2 aromatic carbocycles. The summed E-state index contributed by atoms with van der Waals surface area (Å²) in [6, 6.07) is 10.1. The van der Waals surface area contributed by atoms with Crippen molar-refractivity contribution in [2.24, 2.45) is 11.1 Å². The standard InChI is InChI=1S/C27H31F3N2O4/c1-3-34-26(33)14-31-24-10-8-21-13-20(7-9-22(21)24)17(2)32-36-16-19-6-11-25(35-15-18-4-5-18)23(12-19)27(28,29)30/h6-7,9,11-13,18,24,31H,3-5,8,10,14-16H2,1-2H3/b32-17+. The van der Waals surface area contributed by atoms with Gasteiger partial charge in [0.2, 0.25) is 0 Å². The van der Waals surface area contributed by atoms with E-state index in [0.29, 0.717) is 30.4 Å². The van der Waals surface area contributed by atoms with E-state index in [4.69, 9.17) is 14.3 Å². The van der Waals surface area contributed by atoms with Gasteiger partial charge < -0.3 is 19.6 Å². The van der Waals surface area contributed by atoms with Gasteiger partial charge in [0.1, 0.15) is 12.4 Å². The lowest BCUT2D eigenvalue weighted by molar-refractivity contribution is -0.142. The number of carbonyl (C=O) groups excluding carboxylic acids is 1. The third-order valence-corrected chi connectivity index (χ3v) is 6.39. The Balaban J connectivity index is 1.36. The second-order valence-corrected chi connectivity index (χ2v) is 9.22. The van der Waals surface area contributed by atoms with Crippen molar-refractivity contribution in [3.05, 3.63) is 64.2 Å². The van der Waals surface area contributed by atoms with E-state index in [1.165, 1.54) is 11.6 Å². The molecule has 2 aliphatic rings. The third kappa shape index (κ3) is 6.78. The summed E-state index contributed by atoms with van der Waals surface area (Å²) in [4.78, 5) is 17.0. The molecule has 1 N–H and O–H groups in total. The summed E-state index contributed by atoms with van der Waals surface area (Å²) < 4.78 is 50.9. The number of aryl methyl sites for hydroxylation is 1. The molecule has 36 heavy (non-hydrogen) atoms. The predicted octanol–water partition coefficient (Wildman–Crippen LogP) is 5.58.